The van der Waals surface area contributed by atoms with Gasteiger partial charge in [-0.05, 0) is 64.8 Å². The second kappa shape index (κ2) is 49.4. The molecular weight excluding hydrogens is 1040 g/mol. The molecule has 4 atom stereocenters. The third kappa shape index (κ3) is 45.9. The standard InChI is InChI=1S/C54H93N5O20.H2/c1-55-43(52(70)71)20-16-17-29-56-46(62)28-26-45(54(74)75)59-48(64)27-23-40(51(68)69)37-42(61)38-78-35-34-77-32-30-57-49(65)39-79-36-33-76-31-18-19-41(60)24-25-44(53(72)73)58-47(63)21-14-12-10-8-6-4-2-3-5-7-9-11-13-15-22-50(66)67;/h40,43-45,55H,2-39H2,1H3,(H,56,62)(H,57,65)(H,58,63)(H,59,64)(H,66,67)(H,68,69)(H,70,71)(H,72,73)(H,74,75);1H/t40-,43+,44+,45+;/m1./s1. The van der Waals surface area contributed by atoms with Gasteiger partial charge in [0.05, 0.1) is 39.0 Å². The Bertz CT molecular complexity index is 1790. The number of carbonyl (C=O) groups excluding carboxylic acids is 6. The molecule has 0 fully saturated rings. The monoisotopic (exact) mass is 1130 g/mol. The highest BCUT2D eigenvalue weighted by atomic mass is 16.5. The number of Topliss-reactive ketones (excluding diaryl/α,β-unsaturated/α-hetero) is 2. The lowest BCUT2D eigenvalue weighted by molar-refractivity contribution is -0.145. The fourth-order valence-corrected chi connectivity index (χ4v) is 8.05. The summed E-state index contributed by atoms with van der Waals surface area (Å²) in [5.41, 5.74) is 0. The molecule has 4 amide bonds. The van der Waals surface area contributed by atoms with Crippen LogP contribution in [-0.4, -0.2) is 182 Å². The third-order valence-electron chi connectivity index (χ3n) is 12.7. The van der Waals surface area contributed by atoms with E-state index in [1.807, 2.05) is 0 Å². The molecule has 0 aromatic carbocycles. The van der Waals surface area contributed by atoms with E-state index in [0.717, 1.165) is 51.4 Å². The number of amides is 4. The molecule has 0 radical (unpaired) electrons. The minimum Gasteiger partial charge on any atom is -0.481 e. The van der Waals surface area contributed by atoms with Crippen molar-refractivity contribution >= 4 is 65.0 Å². The Hall–Kier alpha value is -5.63. The van der Waals surface area contributed by atoms with Gasteiger partial charge in [0.25, 0.3) is 0 Å². The zero-order valence-corrected chi connectivity index (χ0v) is 46.5. The lowest BCUT2D eigenvalue weighted by atomic mass is 9.97. The number of nitrogens with one attached hydrogen (secondary N) is 5. The first-order valence-electron chi connectivity index (χ1n) is 28.1. The zero-order chi connectivity index (χ0) is 58.9. The maximum Gasteiger partial charge on any atom is 0.326 e. The van der Waals surface area contributed by atoms with Gasteiger partial charge in [0.2, 0.25) is 23.6 Å². The van der Waals surface area contributed by atoms with Crippen molar-refractivity contribution in [3.05, 3.63) is 0 Å². The molecule has 456 valence electrons. The highest BCUT2D eigenvalue weighted by Gasteiger charge is 2.26. The average Bonchev–Trinajstić information content (AvgIpc) is 3.39. The Labute approximate surface area is 466 Å². The quantitative estimate of drug-likeness (QED) is 0.0382. The largest absolute Gasteiger partial charge is 0.481 e. The van der Waals surface area contributed by atoms with E-state index in [1.165, 1.54) is 39.2 Å². The predicted molar refractivity (Wildman–Crippen MR) is 289 cm³/mol. The molecule has 0 spiro atoms. The topological polar surface area (TPSA) is 386 Å². The van der Waals surface area contributed by atoms with Crippen LogP contribution in [0.5, 0.6) is 0 Å². The number of hydrogen-bond donors (Lipinski definition) is 10. The van der Waals surface area contributed by atoms with Crippen molar-refractivity contribution in [2.75, 3.05) is 73.0 Å². The van der Waals surface area contributed by atoms with Gasteiger partial charge in [0.1, 0.15) is 37.1 Å². The van der Waals surface area contributed by atoms with Crippen molar-refractivity contribution in [2.24, 2.45) is 5.92 Å². The van der Waals surface area contributed by atoms with Crippen LogP contribution in [0.2, 0.25) is 0 Å². The number of hydrogen-bond acceptors (Lipinski definition) is 16. The maximum atomic E-state index is 12.5. The molecule has 0 rings (SSSR count). The fourth-order valence-electron chi connectivity index (χ4n) is 8.05. The van der Waals surface area contributed by atoms with Crippen LogP contribution in [0.3, 0.4) is 0 Å². The Balaban J connectivity index is 0. The van der Waals surface area contributed by atoms with Crippen LogP contribution < -0.4 is 26.6 Å². The highest BCUT2D eigenvalue weighted by molar-refractivity contribution is 5.87. The van der Waals surface area contributed by atoms with Crippen LogP contribution in [0.15, 0.2) is 0 Å². The van der Waals surface area contributed by atoms with E-state index in [9.17, 15) is 68.1 Å². The Morgan fingerprint density at radius 1 is 0.367 bits per heavy atom. The minimum absolute atomic E-state index is 0. The van der Waals surface area contributed by atoms with Crippen molar-refractivity contribution < 1.29 is 98.6 Å². The first kappa shape index (κ1) is 73.4. The molecule has 25 nitrogen and oxygen atoms in total. The first-order chi connectivity index (χ1) is 37.9. The number of carboxylic acids is 5. The number of carboxylic acid groups (broad SMARTS) is 5. The summed E-state index contributed by atoms with van der Waals surface area (Å²) in [6.07, 6.45) is 15.8. The molecule has 0 saturated carbocycles. The maximum absolute atomic E-state index is 12.5. The van der Waals surface area contributed by atoms with Crippen LogP contribution in [0.1, 0.15) is 181 Å². The Kier molecular flexibility index (Phi) is 45.9. The summed E-state index contributed by atoms with van der Waals surface area (Å²) in [6.45, 7) is 0.504. The molecule has 0 bridgehead atoms. The van der Waals surface area contributed by atoms with E-state index < -0.39 is 90.4 Å². The molecule has 0 heterocycles. The normalized spacial score (nSPS) is 12.6. The molecule has 0 aliphatic carbocycles. The van der Waals surface area contributed by atoms with Crippen LogP contribution in [0, 0.1) is 5.92 Å². The molecule has 0 saturated heterocycles. The Morgan fingerprint density at radius 3 is 1.37 bits per heavy atom. The molecule has 0 aliphatic rings. The summed E-state index contributed by atoms with van der Waals surface area (Å²) < 4.78 is 21.4. The van der Waals surface area contributed by atoms with E-state index in [0.29, 0.717) is 32.1 Å². The molecule has 10 N–H and O–H groups in total. The summed E-state index contributed by atoms with van der Waals surface area (Å²) in [5.74, 6) is -9.48. The van der Waals surface area contributed by atoms with Crippen molar-refractivity contribution in [1.82, 2.24) is 26.6 Å². The van der Waals surface area contributed by atoms with Gasteiger partial charge in [-0.3, -0.25) is 43.2 Å². The first-order valence-corrected chi connectivity index (χ1v) is 28.1. The Morgan fingerprint density at radius 2 is 0.835 bits per heavy atom. The fraction of sp³-hybridized carbons (Fsp3) is 0.796. The molecule has 79 heavy (non-hydrogen) atoms. The van der Waals surface area contributed by atoms with Gasteiger partial charge in [0, 0.05) is 66.1 Å². The summed E-state index contributed by atoms with van der Waals surface area (Å²) in [5, 5.41) is 59.1. The average molecular weight is 1130 g/mol. The number of carbonyl (C=O) groups is 11. The van der Waals surface area contributed by atoms with Crippen molar-refractivity contribution in [3.8, 4) is 0 Å². The zero-order valence-electron chi connectivity index (χ0n) is 46.5. The van der Waals surface area contributed by atoms with Crippen molar-refractivity contribution in [3.63, 3.8) is 0 Å². The van der Waals surface area contributed by atoms with E-state index in [1.54, 1.807) is 0 Å². The number of ketones is 2. The van der Waals surface area contributed by atoms with Crippen molar-refractivity contribution in [1.29, 1.82) is 0 Å². The number of unbranched alkanes of at least 4 members (excludes halogenated alkanes) is 14. The molecule has 0 aliphatic heterocycles. The van der Waals surface area contributed by atoms with Gasteiger partial charge in [-0.2, -0.15) is 0 Å². The van der Waals surface area contributed by atoms with Gasteiger partial charge in [-0.25, -0.2) is 9.59 Å². The van der Waals surface area contributed by atoms with E-state index in [-0.39, 0.29) is 130 Å². The summed E-state index contributed by atoms with van der Waals surface area (Å²) in [7, 11) is 1.53. The lowest BCUT2D eigenvalue weighted by Gasteiger charge is -2.16. The van der Waals surface area contributed by atoms with Crippen LogP contribution in [-0.2, 0) is 71.7 Å². The highest BCUT2D eigenvalue weighted by Crippen LogP contribution is 2.16. The van der Waals surface area contributed by atoms with E-state index in [2.05, 4.69) is 26.6 Å². The van der Waals surface area contributed by atoms with E-state index >= 15 is 0 Å². The SMILES string of the molecule is CN[C@@H](CCCCNC(=O)CC[C@H](NC(=O)CC[C@H](CC(=O)COCCOCCNC(=O)COCCOCCCC(=O)CC[C@H](NC(=O)CCCCCCCCCCCCCCCCC(=O)O)C(=O)O)C(=O)O)C(=O)O)C(=O)O.[HH]. The number of aliphatic carboxylic acids is 5. The van der Waals surface area contributed by atoms with Crippen molar-refractivity contribution in [2.45, 2.75) is 198 Å². The van der Waals surface area contributed by atoms with Crippen LogP contribution in [0.25, 0.3) is 0 Å². The van der Waals surface area contributed by atoms with Gasteiger partial charge in [-0.15, -0.1) is 0 Å². The van der Waals surface area contributed by atoms with Gasteiger partial charge in [-0.1, -0.05) is 77.0 Å². The predicted octanol–water partition coefficient (Wildman–Crippen LogP) is 4.19. The number of likely N-dealkylation sites (N-methyl/N-ethyl adjacent to an activating group) is 1. The second-order valence-corrected chi connectivity index (χ2v) is 19.5. The number of rotatable bonds is 57. The molecule has 0 aromatic heterocycles. The summed E-state index contributed by atoms with van der Waals surface area (Å²) >= 11 is 0. The van der Waals surface area contributed by atoms with Gasteiger partial charge in [0.15, 0.2) is 5.78 Å². The van der Waals surface area contributed by atoms with Crippen LogP contribution >= 0.6 is 0 Å². The summed E-state index contributed by atoms with van der Waals surface area (Å²) in [4.78, 5) is 131. The molecular formula is C54H95N5O20. The molecule has 0 unspecified atom stereocenters. The molecule has 0 aromatic rings. The summed E-state index contributed by atoms with van der Waals surface area (Å²) in [6, 6.07) is -3.25. The third-order valence-corrected chi connectivity index (χ3v) is 12.7. The van der Waals surface area contributed by atoms with Gasteiger partial charge >= 0.3 is 29.8 Å². The van der Waals surface area contributed by atoms with Crippen LogP contribution in [0.4, 0.5) is 0 Å². The van der Waals surface area contributed by atoms with E-state index in [4.69, 9.17) is 29.2 Å². The van der Waals surface area contributed by atoms with Gasteiger partial charge < -0.3 is 71.1 Å². The second-order valence-electron chi connectivity index (χ2n) is 19.5. The number of ether oxygens (including phenoxy) is 4. The molecule has 25 heteroatoms. The lowest BCUT2D eigenvalue weighted by Crippen LogP contribution is -2.42. The minimum atomic E-state index is -1.41. The smallest absolute Gasteiger partial charge is 0.326 e.